The molecular weight excluding hydrogens is 440 g/mol. The van der Waals surface area contributed by atoms with Gasteiger partial charge >= 0.3 is 0 Å². The third-order valence-corrected chi connectivity index (χ3v) is 6.23. The summed E-state index contributed by atoms with van der Waals surface area (Å²) in [5, 5.41) is 8.36. The second-order valence-electron chi connectivity index (χ2n) is 8.78. The Morgan fingerprint density at radius 3 is 2.54 bits per heavy atom. The second-order valence-corrected chi connectivity index (χ2v) is 8.78. The van der Waals surface area contributed by atoms with E-state index >= 15 is 0 Å². The lowest BCUT2D eigenvalue weighted by molar-refractivity contribution is -0.134. The fourth-order valence-electron chi connectivity index (χ4n) is 4.40. The topological polar surface area (TPSA) is 71.7 Å². The fraction of sp³-hybridized carbons (Fsp3) is 0.250. The summed E-state index contributed by atoms with van der Waals surface area (Å²) < 4.78 is 11.8. The predicted molar refractivity (Wildman–Crippen MR) is 135 cm³/mol. The summed E-state index contributed by atoms with van der Waals surface area (Å²) in [6, 6.07) is 25.7. The van der Waals surface area contributed by atoms with E-state index in [0.717, 1.165) is 12.1 Å². The van der Waals surface area contributed by atoms with Crippen LogP contribution in [0.3, 0.4) is 0 Å². The van der Waals surface area contributed by atoms with E-state index in [9.17, 15) is 4.79 Å². The summed E-state index contributed by atoms with van der Waals surface area (Å²) in [7, 11) is 0. The standard InChI is InChI=1S/C28H28N4O3/c1-20-9-8-12-23(17-20)32-16-15-31(18-21(32)2)26(33)19-34-25-14-7-6-13-24(25)28-30-29-27(35-28)22-10-4-3-5-11-22/h3-14,17,21H,15-16,18-19H2,1-2H3. The fourth-order valence-corrected chi connectivity index (χ4v) is 4.40. The maximum atomic E-state index is 13.0. The lowest BCUT2D eigenvalue weighted by atomic mass is 10.1. The van der Waals surface area contributed by atoms with Gasteiger partial charge in [0.2, 0.25) is 5.89 Å². The number of nitrogens with zero attached hydrogens (tertiary/aromatic N) is 4. The monoisotopic (exact) mass is 468 g/mol. The predicted octanol–water partition coefficient (Wildman–Crippen LogP) is 4.83. The zero-order chi connectivity index (χ0) is 24.2. The highest BCUT2D eigenvalue weighted by Crippen LogP contribution is 2.31. The number of ether oxygens (including phenoxy) is 1. The van der Waals surface area contributed by atoms with E-state index in [1.54, 1.807) is 0 Å². The molecule has 1 aliphatic rings. The Morgan fingerprint density at radius 2 is 1.74 bits per heavy atom. The van der Waals surface area contributed by atoms with Crippen molar-refractivity contribution >= 4 is 11.6 Å². The molecule has 4 aromatic rings. The minimum Gasteiger partial charge on any atom is -0.483 e. The summed E-state index contributed by atoms with van der Waals surface area (Å²) in [6.45, 7) is 6.30. The molecule has 1 atom stereocenters. The highest BCUT2D eigenvalue weighted by atomic mass is 16.5. The molecule has 1 unspecified atom stereocenters. The molecule has 3 aromatic carbocycles. The number of carbonyl (C=O) groups excluding carboxylic acids is 1. The Balaban J connectivity index is 1.23. The van der Waals surface area contributed by atoms with Gasteiger partial charge in [0, 0.05) is 36.9 Å². The van der Waals surface area contributed by atoms with Gasteiger partial charge in [-0.15, -0.1) is 10.2 Å². The van der Waals surface area contributed by atoms with E-state index in [0.29, 0.717) is 36.2 Å². The van der Waals surface area contributed by atoms with E-state index in [1.807, 2.05) is 59.5 Å². The Hall–Kier alpha value is -4.13. The molecule has 1 aromatic heterocycles. The quantitative estimate of drug-likeness (QED) is 0.404. The van der Waals surface area contributed by atoms with Crippen molar-refractivity contribution in [2.45, 2.75) is 19.9 Å². The maximum absolute atomic E-state index is 13.0. The van der Waals surface area contributed by atoms with Gasteiger partial charge in [0.1, 0.15) is 5.75 Å². The van der Waals surface area contributed by atoms with Gasteiger partial charge < -0.3 is 19.0 Å². The molecule has 0 aliphatic carbocycles. The first-order valence-electron chi connectivity index (χ1n) is 11.8. The molecule has 178 valence electrons. The molecule has 1 amide bonds. The van der Waals surface area contributed by atoms with Gasteiger partial charge in [-0.2, -0.15) is 0 Å². The number of anilines is 1. The number of aromatic nitrogens is 2. The van der Waals surface area contributed by atoms with Crippen molar-refractivity contribution in [2.75, 3.05) is 31.1 Å². The van der Waals surface area contributed by atoms with E-state index in [4.69, 9.17) is 9.15 Å². The number of aryl methyl sites for hydroxylation is 1. The van der Waals surface area contributed by atoms with Crippen molar-refractivity contribution in [3.05, 3.63) is 84.4 Å². The molecule has 35 heavy (non-hydrogen) atoms. The van der Waals surface area contributed by atoms with Gasteiger partial charge in [0.25, 0.3) is 11.8 Å². The molecule has 1 saturated heterocycles. The Bertz CT molecular complexity index is 1300. The van der Waals surface area contributed by atoms with Gasteiger partial charge in [-0.1, -0.05) is 42.5 Å². The molecule has 0 spiro atoms. The molecule has 0 N–H and O–H groups in total. The third-order valence-electron chi connectivity index (χ3n) is 6.23. The zero-order valence-electron chi connectivity index (χ0n) is 19.9. The van der Waals surface area contributed by atoms with Gasteiger partial charge in [-0.3, -0.25) is 4.79 Å². The molecule has 7 heteroatoms. The zero-order valence-corrected chi connectivity index (χ0v) is 19.9. The molecule has 1 fully saturated rings. The normalized spacial score (nSPS) is 15.8. The van der Waals surface area contributed by atoms with Crippen molar-refractivity contribution in [3.63, 3.8) is 0 Å². The summed E-state index contributed by atoms with van der Waals surface area (Å²) >= 11 is 0. The Labute approximate surface area is 205 Å². The number of amides is 1. The maximum Gasteiger partial charge on any atom is 0.260 e. The van der Waals surface area contributed by atoms with Crippen molar-refractivity contribution in [1.29, 1.82) is 0 Å². The average molecular weight is 469 g/mol. The van der Waals surface area contributed by atoms with Crippen LogP contribution in [0.2, 0.25) is 0 Å². The Morgan fingerprint density at radius 1 is 0.971 bits per heavy atom. The second kappa shape index (κ2) is 10.0. The first kappa shape index (κ1) is 22.7. The minimum absolute atomic E-state index is 0.0361. The van der Waals surface area contributed by atoms with Gasteiger partial charge in [0.15, 0.2) is 6.61 Å². The summed E-state index contributed by atoms with van der Waals surface area (Å²) in [5.74, 6) is 1.29. The number of para-hydroxylation sites is 1. The van der Waals surface area contributed by atoms with E-state index in [1.165, 1.54) is 11.3 Å². The third kappa shape index (κ3) is 5.04. The molecular formula is C28H28N4O3. The molecule has 0 saturated carbocycles. The lowest BCUT2D eigenvalue weighted by Crippen LogP contribution is -2.54. The van der Waals surface area contributed by atoms with Crippen LogP contribution in [-0.4, -0.2) is 53.3 Å². The van der Waals surface area contributed by atoms with Crippen LogP contribution in [0, 0.1) is 6.92 Å². The van der Waals surface area contributed by atoms with Crippen molar-refractivity contribution < 1.29 is 13.9 Å². The number of piperazine rings is 1. The molecule has 0 bridgehead atoms. The van der Waals surface area contributed by atoms with Crippen LogP contribution in [0.5, 0.6) is 5.75 Å². The highest BCUT2D eigenvalue weighted by Gasteiger charge is 2.27. The first-order chi connectivity index (χ1) is 17.1. The summed E-state index contributed by atoms with van der Waals surface area (Å²) in [6.07, 6.45) is 0. The van der Waals surface area contributed by atoms with Gasteiger partial charge in [-0.25, -0.2) is 0 Å². The van der Waals surface area contributed by atoms with Crippen LogP contribution in [0.1, 0.15) is 12.5 Å². The van der Waals surface area contributed by atoms with E-state index in [-0.39, 0.29) is 18.6 Å². The summed E-state index contributed by atoms with van der Waals surface area (Å²) in [5.41, 5.74) is 3.94. The molecule has 1 aliphatic heterocycles. The van der Waals surface area contributed by atoms with Crippen LogP contribution in [-0.2, 0) is 4.79 Å². The largest absolute Gasteiger partial charge is 0.483 e. The van der Waals surface area contributed by atoms with Crippen molar-refractivity contribution in [3.8, 4) is 28.7 Å². The smallest absolute Gasteiger partial charge is 0.260 e. The van der Waals surface area contributed by atoms with Gasteiger partial charge in [-0.05, 0) is 55.8 Å². The number of carbonyl (C=O) groups is 1. The molecule has 2 heterocycles. The molecule has 5 rings (SSSR count). The minimum atomic E-state index is -0.0478. The van der Waals surface area contributed by atoms with Gasteiger partial charge in [0.05, 0.1) is 5.56 Å². The van der Waals surface area contributed by atoms with Crippen LogP contribution in [0.4, 0.5) is 5.69 Å². The number of benzene rings is 3. The van der Waals surface area contributed by atoms with Crippen molar-refractivity contribution in [1.82, 2.24) is 15.1 Å². The number of hydrogen-bond donors (Lipinski definition) is 0. The first-order valence-corrected chi connectivity index (χ1v) is 11.8. The van der Waals surface area contributed by atoms with Crippen LogP contribution in [0.15, 0.2) is 83.3 Å². The van der Waals surface area contributed by atoms with E-state index in [2.05, 4.69) is 53.2 Å². The number of rotatable bonds is 6. The van der Waals surface area contributed by atoms with Crippen LogP contribution < -0.4 is 9.64 Å². The Kier molecular flexibility index (Phi) is 6.48. The van der Waals surface area contributed by atoms with E-state index < -0.39 is 0 Å². The summed E-state index contributed by atoms with van der Waals surface area (Å²) in [4.78, 5) is 17.2. The van der Waals surface area contributed by atoms with Crippen molar-refractivity contribution in [2.24, 2.45) is 0 Å². The lowest BCUT2D eigenvalue weighted by Gasteiger charge is -2.41. The average Bonchev–Trinajstić information content (AvgIpc) is 3.38. The highest BCUT2D eigenvalue weighted by molar-refractivity contribution is 5.78. The molecule has 7 nitrogen and oxygen atoms in total. The number of hydrogen-bond acceptors (Lipinski definition) is 6. The van der Waals surface area contributed by atoms with Crippen LogP contribution >= 0.6 is 0 Å². The molecule has 0 radical (unpaired) electrons. The van der Waals surface area contributed by atoms with Crippen LogP contribution in [0.25, 0.3) is 22.9 Å². The SMILES string of the molecule is Cc1cccc(N2CCN(C(=O)COc3ccccc3-c3nnc(-c4ccccc4)o3)CC2C)c1.